The van der Waals surface area contributed by atoms with Gasteiger partial charge in [0.15, 0.2) is 0 Å². The summed E-state index contributed by atoms with van der Waals surface area (Å²) in [7, 11) is 0. The molecule has 1 aromatic rings. The van der Waals surface area contributed by atoms with Crippen LogP contribution < -0.4 is 5.32 Å². The van der Waals surface area contributed by atoms with Crippen LogP contribution in [-0.2, 0) is 4.79 Å². The standard InChI is InChI=1S/C16H24N2O2/c1-13(15-7-3-2-4-8-15)17-16(20)11-18-9-5-6-14(10-18)12-19/h2-4,7-8,13-14,19H,5-6,9-12H2,1H3,(H,17,20). The smallest absolute Gasteiger partial charge is 0.234 e. The van der Waals surface area contributed by atoms with Gasteiger partial charge < -0.3 is 10.4 Å². The molecule has 0 radical (unpaired) electrons. The molecule has 1 heterocycles. The molecule has 0 aromatic heterocycles. The molecule has 4 nitrogen and oxygen atoms in total. The highest BCUT2D eigenvalue weighted by atomic mass is 16.3. The third-order valence-corrected chi connectivity index (χ3v) is 3.91. The van der Waals surface area contributed by atoms with Crippen molar-refractivity contribution in [3.05, 3.63) is 35.9 Å². The topological polar surface area (TPSA) is 52.6 Å². The lowest BCUT2D eigenvalue weighted by molar-refractivity contribution is -0.123. The minimum Gasteiger partial charge on any atom is -0.396 e. The third kappa shape index (κ3) is 4.32. The van der Waals surface area contributed by atoms with Crippen LogP contribution in [0.5, 0.6) is 0 Å². The van der Waals surface area contributed by atoms with Gasteiger partial charge in [0.05, 0.1) is 12.6 Å². The zero-order valence-corrected chi connectivity index (χ0v) is 12.1. The maximum atomic E-state index is 12.1. The number of aliphatic hydroxyl groups excluding tert-OH is 1. The van der Waals surface area contributed by atoms with Crippen molar-refractivity contribution in [3.8, 4) is 0 Å². The molecule has 1 amide bonds. The fourth-order valence-corrected chi connectivity index (χ4v) is 2.76. The van der Waals surface area contributed by atoms with E-state index in [4.69, 9.17) is 0 Å². The number of hydrogen-bond acceptors (Lipinski definition) is 3. The molecule has 2 atom stereocenters. The molecule has 2 rings (SSSR count). The van der Waals surface area contributed by atoms with Gasteiger partial charge in [-0.25, -0.2) is 0 Å². The molecule has 1 aliphatic heterocycles. The molecule has 1 aromatic carbocycles. The molecule has 0 saturated carbocycles. The van der Waals surface area contributed by atoms with E-state index < -0.39 is 0 Å². The summed E-state index contributed by atoms with van der Waals surface area (Å²) >= 11 is 0. The van der Waals surface area contributed by atoms with Crippen LogP contribution >= 0.6 is 0 Å². The molecule has 0 bridgehead atoms. The molecule has 20 heavy (non-hydrogen) atoms. The number of carbonyl (C=O) groups is 1. The number of nitrogens with zero attached hydrogens (tertiary/aromatic N) is 1. The van der Waals surface area contributed by atoms with E-state index in [0.717, 1.165) is 31.5 Å². The number of nitrogens with one attached hydrogen (secondary N) is 1. The van der Waals surface area contributed by atoms with Crippen LogP contribution in [0.2, 0.25) is 0 Å². The zero-order chi connectivity index (χ0) is 14.4. The number of hydrogen-bond donors (Lipinski definition) is 2. The van der Waals surface area contributed by atoms with Crippen molar-refractivity contribution in [2.75, 3.05) is 26.2 Å². The molecule has 4 heteroatoms. The van der Waals surface area contributed by atoms with Crippen LogP contribution in [0, 0.1) is 5.92 Å². The number of amides is 1. The van der Waals surface area contributed by atoms with Gasteiger partial charge in [0, 0.05) is 13.2 Å². The Bertz CT molecular complexity index is 422. The van der Waals surface area contributed by atoms with E-state index in [1.54, 1.807) is 0 Å². The summed E-state index contributed by atoms with van der Waals surface area (Å²) in [5.41, 5.74) is 1.12. The molecule has 110 valence electrons. The van der Waals surface area contributed by atoms with E-state index in [0.29, 0.717) is 12.5 Å². The van der Waals surface area contributed by atoms with Crippen LogP contribution in [0.4, 0.5) is 0 Å². The first-order valence-electron chi connectivity index (χ1n) is 7.36. The van der Waals surface area contributed by atoms with Crippen LogP contribution in [0.15, 0.2) is 30.3 Å². The van der Waals surface area contributed by atoms with Crippen molar-refractivity contribution < 1.29 is 9.90 Å². The van der Waals surface area contributed by atoms with Gasteiger partial charge in [-0.1, -0.05) is 30.3 Å². The van der Waals surface area contributed by atoms with Gasteiger partial charge in [-0.15, -0.1) is 0 Å². The lowest BCUT2D eigenvalue weighted by Crippen LogP contribution is -2.43. The van der Waals surface area contributed by atoms with Gasteiger partial charge in [0.1, 0.15) is 0 Å². The molecule has 1 aliphatic rings. The van der Waals surface area contributed by atoms with E-state index in [9.17, 15) is 9.90 Å². The largest absolute Gasteiger partial charge is 0.396 e. The second kappa shape index (κ2) is 7.41. The number of piperidine rings is 1. The second-order valence-electron chi connectivity index (χ2n) is 5.63. The molecule has 1 fully saturated rings. The average Bonchev–Trinajstić information content (AvgIpc) is 2.48. The van der Waals surface area contributed by atoms with Gasteiger partial charge in [-0.2, -0.15) is 0 Å². The maximum absolute atomic E-state index is 12.1. The van der Waals surface area contributed by atoms with Crippen LogP contribution in [-0.4, -0.2) is 42.2 Å². The van der Waals surface area contributed by atoms with E-state index in [-0.39, 0.29) is 18.6 Å². The normalized spacial score (nSPS) is 21.4. The van der Waals surface area contributed by atoms with Crippen LogP contribution in [0.3, 0.4) is 0 Å². The molecule has 0 spiro atoms. The summed E-state index contributed by atoms with van der Waals surface area (Å²) < 4.78 is 0. The Morgan fingerprint density at radius 2 is 2.20 bits per heavy atom. The average molecular weight is 276 g/mol. The highest BCUT2D eigenvalue weighted by Gasteiger charge is 2.21. The van der Waals surface area contributed by atoms with Crippen molar-refractivity contribution in [1.82, 2.24) is 10.2 Å². The summed E-state index contributed by atoms with van der Waals surface area (Å²) in [5, 5.41) is 12.2. The van der Waals surface area contributed by atoms with Gasteiger partial charge in [-0.3, -0.25) is 9.69 Å². The van der Waals surface area contributed by atoms with Gasteiger partial charge in [0.2, 0.25) is 5.91 Å². The van der Waals surface area contributed by atoms with Gasteiger partial charge in [-0.05, 0) is 37.8 Å². The Morgan fingerprint density at radius 3 is 2.90 bits per heavy atom. The fourth-order valence-electron chi connectivity index (χ4n) is 2.76. The molecule has 2 N–H and O–H groups in total. The van der Waals surface area contributed by atoms with Crippen LogP contribution in [0.25, 0.3) is 0 Å². The van der Waals surface area contributed by atoms with E-state index >= 15 is 0 Å². The van der Waals surface area contributed by atoms with Crippen molar-refractivity contribution in [3.63, 3.8) is 0 Å². The van der Waals surface area contributed by atoms with Crippen molar-refractivity contribution in [1.29, 1.82) is 0 Å². The van der Waals surface area contributed by atoms with Crippen molar-refractivity contribution >= 4 is 5.91 Å². The summed E-state index contributed by atoms with van der Waals surface area (Å²) in [6.07, 6.45) is 2.13. The third-order valence-electron chi connectivity index (χ3n) is 3.91. The molecular formula is C16H24N2O2. The minimum atomic E-state index is 0.0297. The number of rotatable bonds is 5. The molecular weight excluding hydrogens is 252 g/mol. The number of benzene rings is 1. The Hall–Kier alpha value is -1.39. The highest BCUT2D eigenvalue weighted by molar-refractivity contribution is 5.78. The quantitative estimate of drug-likeness (QED) is 0.858. The number of aliphatic hydroxyl groups is 1. The fraction of sp³-hybridized carbons (Fsp3) is 0.562. The predicted molar refractivity (Wildman–Crippen MR) is 79.2 cm³/mol. The number of likely N-dealkylation sites (tertiary alicyclic amines) is 1. The second-order valence-corrected chi connectivity index (χ2v) is 5.63. The summed E-state index contributed by atoms with van der Waals surface area (Å²) in [6, 6.07) is 10.0. The first kappa shape index (κ1) is 15.0. The maximum Gasteiger partial charge on any atom is 0.234 e. The van der Waals surface area contributed by atoms with E-state index in [1.807, 2.05) is 37.3 Å². The first-order chi connectivity index (χ1) is 9.69. The minimum absolute atomic E-state index is 0.0297. The molecule has 2 unspecified atom stereocenters. The lowest BCUT2D eigenvalue weighted by atomic mass is 9.99. The van der Waals surface area contributed by atoms with Gasteiger partial charge >= 0.3 is 0 Å². The summed E-state index contributed by atoms with van der Waals surface area (Å²) in [6.45, 7) is 4.42. The van der Waals surface area contributed by atoms with E-state index in [1.165, 1.54) is 0 Å². The Labute approximate surface area is 120 Å². The SMILES string of the molecule is CC(NC(=O)CN1CCCC(CO)C1)c1ccccc1. The Balaban J connectivity index is 1.80. The summed E-state index contributed by atoms with van der Waals surface area (Å²) in [5.74, 6) is 0.378. The molecule has 1 saturated heterocycles. The highest BCUT2D eigenvalue weighted by Crippen LogP contribution is 2.16. The van der Waals surface area contributed by atoms with Crippen molar-refractivity contribution in [2.24, 2.45) is 5.92 Å². The Kier molecular flexibility index (Phi) is 5.56. The lowest BCUT2D eigenvalue weighted by Gasteiger charge is -2.31. The Morgan fingerprint density at radius 1 is 1.45 bits per heavy atom. The summed E-state index contributed by atoms with van der Waals surface area (Å²) in [4.78, 5) is 14.2. The molecule has 0 aliphatic carbocycles. The van der Waals surface area contributed by atoms with Crippen molar-refractivity contribution in [2.45, 2.75) is 25.8 Å². The number of carbonyl (C=O) groups excluding carboxylic acids is 1. The predicted octanol–water partition coefficient (Wildman–Crippen LogP) is 1.57. The van der Waals surface area contributed by atoms with E-state index in [2.05, 4.69) is 10.2 Å². The first-order valence-corrected chi connectivity index (χ1v) is 7.36. The monoisotopic (exact) mass is 276 g/mol. The zero-order valence-electron chi connectivity index (χ0n) is 12.1. The van der Waals surface area contributed by atoms with Gasteiger partial charge in [0.25, 0.3) is 0 Å². The van der Waals surface area contributed by atoms with Crippen LogP contribution in [0.1, 0.15) is 31.4 Å².